The summed E-state index contributed by atoms with van der Waals surface area (Å²) in [6.07, 6.45) is 5.12. The van der Waals surface area contributed by atoms with Crippen LogP contribution in [-0.4, -0.2) is 29.9 Å². The fourth-order valence-corrected chi connectivity index (χ4v) is 1.92. The van der Waals surface area contributed by atoms with Crippen molar-refractivity contribution < 1.29 is 10.4 Å². The average Bonchev–Trinajstić information content (AvgIpc) is 1.90. The van der Waals surface area contributed by atoms with Crippen LogP contribution in [0.25, 0.3) is 0 Å². The van der Waals surface area contributed by atoms with Gasteiger partial charge in [-0.2, -0.15) is 0 Å². The molecule has 0 aromatic carbocycles. The third-order valence-corrected chi connectivity index (χ3v) is 3.00. The van der Waals surface area contributed by atoms with E-state index in [2.05, 4.69) is 0 Å². The van der Waals surface area contributed by atoms with E-state index in [1.54, 1.807) is 12.2 Å². The molecule has 1 rings (SSSR count). The predicted octanol–water partition coefficient (Wildman–Crippen LogP) is -0.644. The SMILES string of the molecule is O.O=[N+]([O-])[C]1=[Ge][CH]=CC=C1. The van der Waals surface area contributed by atoms with Crippen molar-refractivity contribution >= 4 is 19.5 Å². The first kappa shape index (κ1) is 9.25. The molecule has 5 heteroatoms. The molecule has 1 aliphatic heterocycles. The molecule has 0 aromatic rings. The van der Waals surface area contributed by atoms with Crippen LogP contribution in [0.4, 0.5) is 0 Å². The van der Waals surface area contributed by atoms with Gasteiger partial charge in [-0.1, -0.05) is 0 Å². The zero-order valence-electron chi connectivity index (χ0n) is 5.07. The van der Waals surface area contributed by atoms with Crippen LogP contribution in [-0.2, 0) is 0 Å². The summed E-state index contributed by atoms with van der Waals surface area (Å²) in [4.78, 5) is 11.7. The molecule has 0 saturated carbocycles. The summed E-state index contributed by atoms with van der Waals surface area (Å²) in [5.41, 5.74) is 0. The van der Waals surface area contributed by atoms with Crippen molar-refractivity contribution in [2.45, 2.75) is 0 Å². The molecule has 53 valence electrons. The molecule has 0 saturated heterocycles. The first-order valence-corrected chi connectivity index (χ1v) is 4.68. The Balaban J connectivity index is 0.000000810. The standard InChI is InChI=1S/C5H4GeNO2.H2O/c8-7(9)5-3-1-2-4-6-5;/h1-4H;1H2. The predicted molar refractivity (Wildman–Crippen MR) is 39.6 cm³/mol. The number of hydrogen-bond donors (Lipinski definition) is 0. The molecule has 0 spiro atoms. The van der Waals surface area contributed by atoms with Crippen LogP contribution in [0.3, 0.4) is 0 Å². The van der Waals surface area contributed by atoms with Gasteiger partial charge in [-0.05, 0) is 0 Å². The normalized spacial score (nSPS) is 13.8. The molecule has 0 atom stereocenters. The zero-order valence-corrected chi connectivity index (χ0v) is 7.17. The molecule has 1 heterocycles. The Kier molecular flexibility index (Phi) is 3.82. The van der Waals surface area contributed by atoms with Crippen LogP contribution in [0, 0.1) is 10.1 Å². The van der Waals surface area contributed by atoms with Gasteiger partial charge in [0.2, 0.25) is 0 Å². The molecule has 4 nitrogen and oxygen atoms in total. The summed E-state index contributed by atoms with van der Waals surface area (Å²) in [6.45, 7) is 0. The molecular weight excluding hydrogens is 195 g/mol. The van der Waals surface area contributed by atoms with E-state index in [0.29, 0.717) is 4.47 Å². The van der Waals surface area contributed by atoms with E-state index in [0.717, 1.165) is 0 Å². The third-order valence-electron chi connectivity index (χ3n) is 0.889. The Hall–Kier alpha value is -0.747. The van der Waals surface area contributed by atoms with Crippen LogP contribution in [0.2, 0.25) is 0 Å². The Morgan fingerprint density at radius 1 is 1.50 bits per heavy atom. The van der Waals surface area contributed by atoms with Crippen LogP contribution in [0.1, 0.15) is 0 Å². The summed E-state index contributed by atoms with van der Waals surface area (Å²) < 4.78 is 0.387. The monoisotopic (exact) mass is 202 g/mol. The quantitative estimate of drug-likeness (QED) is 0.321. The second kappa shape index (κ2) is 4.13. The van der Waals surface area contributed by atoms with Gasteiger partial charge in [0.1, 0.15) is 0 Å². The van der Waals surface area contributed by atoms with E-state index >= 15 is 0 Å². The van der Waals surface area contributed by atoms with Gasteiger partial charge in [-0.15, -0.1) is 0 Å². The maximum absolute atomic E-state index is 10.1. The molecular formula is C5H6GeNO3. The summed E-state index contributed by atoms with van der Waals surface area (Å²) in [7, 11) is 0. The van der Waals surface area contributed by atoms with Crippen molar-refractivity contribution in [2.75, 3.05) is 0 Å². The summed E-state index contributed by atoms with van der Waals surface area (Å²) in [6, 6.07) is 0. The van der Waals surface area contributed by atoms with Crippen molar-refractivity contribution in [3.05, 3.63) is 33.3 Å². The molecule has 0 unspecified atom stereocenters. The van der Waals surface area contributed by atoms with E-state index < -0.39 is 15.0 Å². The van der Waals surface area contributed by atoms with Gasteiger partial charge >= 0.3 is 57.6 Å². The fraction of sp³-hybridized carbons (Fsp3) is 0. The second-order valence-corrected chi connectivity index (χ2v) is 3.88. The molecule has 0 bridgehead atoms. The maximum atomic E-state index is 10.1. The zero-order chi connectivity index (χ0) is 6.69. The Labute approximate surface area is 63.7 Å². The van der Waals surface area contributed by atoms with Crippen molar-refractivity contribution in [3.8, 4) is 0 Å². The van der Waals surface area contributed by atoms with Gasteiger partial charge in [-0.25, -0.2) is 0 Å². The van der Waals surface area contributed by atoms with Crippen LogP contribution in [0.15, 0.2) is 23.1 Å². The third kappa shape index (κ3) is 2.24. The Morgan fingerprint density at radius 3 is 2.50 bits per heavy atom. The Bertz CT molecular complexity index is 219. The minimum atomic E-state index is -0.563. The molecule has 0 aliphatic carbocycles. The number of hydrogen-bond acceptors (Lipinski definition) is 2. The van der Waals surface area contributed by atoms with E-state index in [4.69, 9.17) is 0 Å². The minimum absolute atomic E-state index is 0. The van der Waals surface area contributed by atoms with Gasteiger partial charge in [-0.3, -0.25) is 0 Å². The summed E-state index contributed by atoms with van der Waals surface area (Å²) in [5.74, 6) is 0. The summed E-state index contributed by atoms with van der Waals surface area (Å²) >= 11 is -0.563. The van der Waals surface area contributed by atoms with Gasteiger partial charge in [0, 0.05) is 0 Å². The van der Waals surface area contributed by atoms with Gasteiger partial charge in [0.25, 0.3) is 0 Å². The van der Waals surface area contributed by atoms with E-state index in [1.165, 1.54) is 0 Å². The number of rotatable bonds is 1. The van der Waals surface area contributed by atoms with E-state index in [9.17, 15) is 10.1 Å². The van der Waals surface area contributed by atoms with Gasteiger partial charge < -0.3 is 5.48 Å². The number of nitro groups is 1. The van der Waals surface area contributed by atoms with Crippen molar-refractivity contribution in [3.63, 3.8) is 0 Å². The Morgan fingerprint density at radius 2 is 2.20 bits per heavy atom. The second-order valence-electron chi connectivity index (χ2n) is 1.50. The molecule has 1 radical (unpaired) electrons. The van der Waals surface area contributed by atoms with Gasteiger partial charge in [0.05, 0.1) is 0 Å². The van der Waals surface area contributed by atoms with Gasteiger partial charge in [0.15, 0.2) is 0 Å². The number of allylic oxidation sites excluding steroid dienone is 2. The van der Waals surface area contributed by atoms with Crippen LogP contribution in [0.5, 0.6) is 0 Å². The fourth-order valence-electron chi connectivity index (χ4n) is 0.497. The number of nitrogens with zero attached hydrogens (tertiary/aromatic N) is 1. The van der Waals surface area contributed by atoms with Crippen LogP contribution < -0.4 is 0 Å². The van der Waals surface area contributed by atoms with Crippen molar-refractivity contribution in [1.29, 1.82) is 0 Å². The molecule has 1 aliphatic rings. The molecule has 0 fully saturated rings. The van der Waals surface area contributed by atoms with E-state index in [1.807, 2.05) is 11.0 Å². The summed E-state index contributed by atoms with van der Waals surface area (Å²) in [5, 5.41) is 10.1. The molecule has 0 amide bonds. The van der Waals surface area contributed by atoms with Crippen molar-refractivity contribution in [2.24, 2.45) is 0 Å². The average molecular weight is 201 g/mol. The molecule has 2 N–H and O–H groups in total. The molecule has 0 aromatic heterocycles. The van der Waals surface area contributed by atoms with Crippen molar-refractivity contribution in [1.82, 2.24) is 0 Å². The first-order valence-electron chi connectivity index (χ1n) is 2.42. The topological polar surface area (TPSA) is 74.6 Å². The van der Waals surface area contributed by atoms with Crippen LogP contribution >= 0.6 is 0 Å². The molecule has 10 heavy (non-hydrogen) atoms. The van der Waals surface area contributed by atoms with E-state index in [-0.39, 0.29) is 10.4 Å². The first-order chi connectivity index (χ1) is 4.30.